The maximum absolute atomic E-state index is 13.1. The van der Waals surface area contributed by atoms with Gasteiger partial charge in [0.25, 0.3) is 0 Å². The zero-order chi connectivity index (χ0) is 15.0. The highest BCUT2D eigenvalue weighted by atomic mass is 19.4. The fraction of sp³-hybridized carbons (Fsp3) is 0.188. The average Bonchev–Trinajstić information content (AvgIpc) is 2.46. The van der Waals surface area contributed by atoms with Gasteiger partial charge in [0.1, 0.15) is 0 Å². The Morgan fingerprint density at radius 1 is 1.00 bits per heavy atom. The normalized spacial score (nSPS) is 18.0. The topological polar surface area (TPSA) is 29.1 Å². The van der Waals surface area contributed by atoms with E-state index in [0.717, 1.165) is 6.07 Å². The molecule has 0 fully saturated rings. The molecule has 2 aromatic rings. The largest absolute Gasteiger partial charge is 0.416 e. The van der Waals surface area contributed by atoms with Crippen LogP contribution in [0.25, 0.3) is 0 Å². The van der Waals surface area contributed by atoms with E-state index in [0.29, 0.717) is 11.3 Å². The van der Waals surface area contributed by atoms with Crippen molar-refractivity contribution in [2.24, 2.45) is 0 Å². The van der Waals surface area contributed by atoms with Gasteiger partial charge in [-0.2, -0.15) is 13.2 Å². The van der Waals surface area contributed by atoms with Crippen molar-refractivity contribution in [3.05, 3.63) is 65.2 Å². The Hall–Kier alpha value is -2.30. The summed E-state index contributed by atoms with van der Waals surface area (Å²) in [4.78, 5) is 12.1. The van der Waals surface area contributed by atoms with E-state index in [-0.39, 0.29) is 17.8 Å². The molecule has 0 bridgehead atoms. The van der Waals surface area contributed by atoms with Crippen LogP contribution in [-0.2, 0) is 6.18 Å². The molecule has 1 unspecified atom stereocenters. The highest BCUT2D eigenvalue weighted by Crippen LogP contribution is 2.39. The molecule has 0 aromatic heterocycles. The van der Waals surface area contributed by atoms with Crippen molar-refractivity contribution in [1.29, 1.82) is 0 Å². The van der Waals surface area contributed by atoms with Gasteiger partial charge in [-0.1, -0.05) is 30.3 Å². The number of benzene rings is 2. The van der Waals surface area contributed by atoms with Gasteiger partial charge >= 0.3 is 6.18 Å². The first-order chi connectivity index (χ1) is 9.97. The SMILES string of the molecule is O=C1CC(c2ccccc2C(F)(F)F)Nc2ccccc21. The predicted octanol–water partition coefficient (Wildman–Crippen LogP) is 4.45. The maximum Gasteiger partial charge on any atom is 0.416 e. The van der Waals surface area contributed by atoms with E-state index in [1.54, 1.807) is 30.3 Å². The number of Topliss-reactive ketones (excluding diaryl/α,β-unsaturated/α-hetero) is 1. The highest BCUT2D eigenvalue weighted by Gasteiger charge is 2.36. The van der Waals surface area contributed by atoms with Gasteiger partial charge in [-0.3, -0.25) is 4.79 Å². The van der Waals surface area contributed by atoms with E-state index in [9.17, 15) is 18.0 Å². The number of fused-ring (bicyclic) bond motifs is 1. The summed E-state index contributed by atoms with van der Waals surface area (Å²) in [7, 11) is 0. The van der Waals surface area contributed by atoms with E-state index in [4.69, 9.17) is 0 Å². The minimum Gasteiger partial charge on any atom is -0.377 e. The molecule has 2 aromatic carbocycles. The number of carbonyl (C=O) groups excluding carboxylic acids is 1. The first-order valence-electron chi connectivity index (χ1n) is 6.51. The smallest absolute Gasteiger partial charge is 0.377 e. The second-order valence-electron chi connectivity index (χ2n) is 4.95. The summed E-state index contributed by atoms with van der Waals surface area (Å²) < 4.78 is 39.3. The Bertz CT molecular complexity index is 694. The van der Waals surface area contributed by atoms with Crippen molar-refractivity contribution in [1.82, 2.24) is 0 Å². The summed E-state index contributed by atoms with van der Waals surface area (Å²) in [6.45, 7) is 0. The Morgan fingerprint density at radius 2 is 1.67 bits per heavy atom. The number of hydrogen-bond acceptors (Lipinski definition) is 2. The van der Waals surface area contributed by atoms with Crippen molar-refractivity contribution in [3.8, 4) is 0 Å². The molecule has 21 heavy (non-hydrogen) atoms. The van der Waals surface area contributed by atoms with Gasteiger partial charge in [-0.25, -0.2) is 0 Å². The van der Waals surface area contributed by atoms with Crippen LogP contribution in [0.5, 0.6) is 0 Å². The van der Waals surface area contributed by atoms with Crippen LogP contribution in [0.1, 0.15) is 33.9 Å². The third-order valence-electron chi connectivity index (χ3n) is 3.59. The lowest BCUT2D eigenvalue weighted by molar-refractivity contribution is -0.138. The molecule has 0 amide bonds. The number of anilines is 1. The molecule has 1 atom stereocenters. The molecular weight excluding hydrogens is 279 g/mol. The summed E-state index contributed by atoms with van der Waals surface area (Å²) >= 11 is 0. The summed E-state index contributed by atoms with van der Waals surface area (Å²) in [6, 6.07) is 11.6. The summed E-state index contributed by atoms with van der Waals surface area (Å²) in [5.74, 6) is -0.147. The van der Waals surface area contributed by atoms with Crippen LogP contribution in [0.4, 0.5) is 18.9 Å². The third-order valence-corrected chi connectivity index (χ3v) is 3.59. The van der Waals surface area contributed by atoms with Gasteiger partial charge in [0.05, 0.1) is 11.6 Å². The lowest BCUT2D eigenvalue weighted by Crippen LogP contribution is -2.25. The lowest BCUT2D eigenvalue weighted by Gasteiger charge is -2.28. The Kier molecular flexibility index (Phi) is 3.20. The summed E-state index contributed by atoms with van der Waals surface area (Å²) in [5, 5.41) is 3.04. The molecule has 5 heteroatoms. The van der Waals surface area contributed by atoms with Crippen LogP contribution >= 0.6 is 0 Å². The molecule has 0 spiro atoms. The molecule has 0 saturated carbocycles. The van der Waals surface area contributed by atoms with Crippen LogP contribution < -0.4 is 5.32 Å². The van der Waals surface area contributed by atoms with Gasteiger partial charge in [0.15, 0.2) is 5.78 Å². The fourth-order valence-corrected chi connectivity index (χ4v) is 2.63. The number of halogens is 3. The van der Waals surface area contributed by atoms with Crippen LogP contribution in [0.3, 0.4) is 0 Å². The van der Waals surface area contributed by atoms with Crippen molar-refractivity contribution < 1.29 is 18.0 Å². The Labute approximate surface area is 119 Å². The second-order valence-corrected chi connectivity index (χ2v) is 4.95. The van der Waals surface area contributed by atoms with E-state index in [1.807, 2.05) is 0 Å². The van der Waals surface area contributed by atoms with E-state index < -0.39 is 17.8 Å². The lowest BCUT2D eigenvalue weighted by atomic mass is 9.90. The number of nitrogens with one attached hydrogen (secondary N) is 1. The number of hydrogen-bond donors (Lipinski definition) is 1. The van der Waals surface area contributed by atoms with Crippen LogP contribution in [0, 0.1) is 0 Å². The molecule has 0 saturated heterocycles. The minimum atomic E-state index is -4.43. The van der Waals surface area contributed by atoms with Crippen molar-refractivity contribution >= 4 is 11.5 Å². The summed E-state index contributed by atoms with van der Waals surface area (Å²) in [5.41, 5.74) is 0.511. The van der Waals surface area contributed by atoms with Crippen LogP contribution in [0.2, 0.25) is 0 Å². The zero-order valence-electron chi connectivity index (χ0n) is 10.9. The minimum absolute atomic E-state index is 0.0180. The van der Waals surface area contributed by atoms with Crippen molar-refractivity contribution in [2.45, 2.75) is 18.6 Å². The first-order valence-corrected chi connectivity index (χ1v) is 6.51. The molecule has 1 aliphatic heterocycles. The van der Waals surface area contributed by atoms with Crippen molar-refractivity contribution in [2.75, 3.05) is 5.32 Å². The number of rotatable bonds is 1. The van der Waals surface area contributed by atoms with Gasteiger partial charge < -0.3 is 5.32 Å². The molecule has 1 N–H and O–H groups in total. The predicted molar refractivity (Wildman–Crippen MR) is 73.2 cm³/mol. The molecule has 1 aliphatic rings. The molecule has 2 nitrogen and oxygen atoms in total. The molecule has 3 rings (SSSR count). The monoisotopic (exact) mass is 291 g/mol. The molecule has 1 heterocycles. The van der Waals surface area contributed by atoms with Gasteiger partial charge in [0.2, 0.25) is 0 Å². The Morgan fingerprint density at radius 3 is 2.43 bits per heavy atom. The van der Waals surface area contributed by atoms with Crippen LogP contribution in [-0.4, -0.2) is 5.78 Å². The molecule has 0 aliphatic carbocycles. The van der Waals surface area contributed by atoms with Crippen LogP contribution in [0.15, 0.2) is 48.5 Å². The third kappa shape index (κ3) is 2.51. The Balaban J connectivity index is 2.03. The number of para-hydroxylation sites is 1. The maximum atomic E-state index is 13.1. The molecular formula is C16H12F3NO. The van der Waals surface area contributed by atoms with E-state index in [2.05, 4.69) is 5.32 Å². The highest BCUT2D eigenvalue weighted by molar-refractivity contribution is 6.03. The number of alkyl halides is 3. The quantitative estimate of drug-likeness (QED) is 0.841. The average molecular weight is 291 g/mol. The summed E-state index contributed by atoms with van der Waals surface area (Å²) in [6.07, 6.45) is -4.41. The first kappa shape index (κ1) is 13.7. The van der Waals surface area contributed by atoms with Gasteiger partial charge in [0, 0.05) is 17.7 Å². The zero-order valence-corrected chi connectivity index (χ0v) is 10.9. The second kappa shape index (κ2) is 4.91. The van der Waals surface area contributed by atoms with E-state index >= 15 is 0 Å². The fourth-order valence-electron chi connectivity index (χ4n) is 2.63. The van der Waals surface area contributed by atoms with Crippen molar-refractivity contribution in [3.63, 3.8) is 0 Å². The van der Waals surface area contributed by atoms with Gasteiger partial charge in [-0.05, 0) is 23.8 Å². The number of ketones is 1. The molecule has 0 radical (unpaired) electrons. The molecule has 108 valence electrons. The standard InChI is InChI=1S/C16H12F3NO/c17-16(18,19)12-7-3-1-5-10(12)14-9-15(21)11-6-2-4-8-13(11)20-14/h1-8,14,20H,9H2. The number of carbonyl (C=O) groups is 1. The van der Waals surface area contributed by atoms with E-state index in [1.165, 1.54) is 12.1 Å². The van der Waals surface area contributed by atoms with Gasteiger partial charge in [-0.15, -0.1) is 0 Å².